The first kappa shape index (κ1) is 22.7. The molecule has 0 aliphatic carbocycles. The number of nitrogens with one attached hydrogen (secondary N) is 2. The molecule has 168 valence electrons. The van der Waals surface area contributed by atoms with E-state index in [-0.39, 0.29) is 11.3 Å². The Bertz CT molecular complexity index is 1340. The van der Waals surface area contributed by atoms with Crippen LogP contribution in [0.2, 0.25) is 0 Å². The van der Waals surface area contributed by atoms with Crippen molar-refractivity contribution >= 4 is 38.1 Å². The molecular weight excluding hydrogens is 458 g/mol. The monoisotopic (exact) mass is 479 g/mol. The number of carboxylic acid groups (broad SMARTS) is 1. The van der Waals surface area contributed by atoms with Crippen LogP contribution in [0.3, 0.4) is 0 Å². The van der Waals surface area contributed by atoms with Crippen molar-refractivity contribution in [2.75, 3.05) is 5.32 Å². The standard InChI is InChI=1S/C24H21N3O4S2/c28-23(29)16-22(17-6-2-1-3-7-17)27-33(30,31)21-11-5-9-19(15-21)18-8-4-10-20(14-18)26-24-25-12-13-32-24/h1-15,22,27H,16H2,(H,25,26)(H,28,29). The maximum Gasteiger partial charge on any atom is 0.305 e. The third-order valence-electron chi connectivity index (χ3n) is 4.90. The Labute approximate surface area is 195 Å². The largest absolute Gasteiger partial charge is 0.481 e. The van der Waals surface area contributed by atoms with Crippen molar-refractivity contribution in [3.63, 3.8) is 0 Å². The van der Waals surface area contributed by atoms with Gasteiger partial charge in [0.25, 0.3) is 0 Å². The topological polar surface area (TPSA) is 108 Å². The van der Waals surface area contributed by atoms with E-state index in [1.807, 2.05) is 35.7 Å². The lowest BCUT2D eigenvalue weighted by Crippen LogP contribution is -2.30. The number of aromatic nitrogens is 1. The van der Waals surface area contributed by atoms with E-state index in [0.717, 1.165) is 21.9 Å². The van der Waals surface area contributed by atoms with Crippen molar-refractivity contribution in [2.24, 2.45) is 0 Å². The summed E-state index contributed by atoms with van der Waals surface area (Å²) in [6, 6.07) is 21.9. The van der Waals surface area contributed by atoms with E-state index in [1.54, 1.807) is 48.7 Å². The summed E-state index contributed by atoms with van der Waals surface area (Å²) in [6.45, 7) is 0. The van der Waals surface area contributed by atoms with Gasteiger partial charge in [-0.15, -0.1) is 11.3 Å². The average molecular weight is 480 g/mol. The van der Waals surface area contributed by atoms with Crippen LogP contribution < -0.4 is 10.0 Å². The molecule has 0 saturated heterocycles. The van der Waals surface area contributed by atoms with Crippen LogP contribution in [-0.4, -0.2) is 24.5 Å². The van der Waals surface area contributed by atoms with Crippen molar-refractivity contribution in [1.82, 2.24) is 9.71 Å². The normalized spacial score (nSPS) is 12.2. The summed E-state index contributed by atoms with van der Waals surface area (Å²) in [5.41, 5.74) is 2.97. The minimum Gasteiger partial charge on any atom is -0.481 e. The lowest BCUT2D eigenvalue weighted by Gasteiger charge is -2.18. The maximum absolute atomic E-state index is 13.1. The fourth-order valence-corrected chi connectivity index (χ4v) is 5.19. The molecule has 1 atom stereocenters. The zero-order valence-corrected chi connectivity index (χ0v) is 19.0. The number of hydrogen-bond donors (Lipinski definition) is 3. The predicted molar refractivity (Wildman–Crippen MR) is 129 cm³/mol. The van der Waals surface area contributed by atoms with Gasteiger partial charge in [0.1, 0.15) is 0 Å². The van der Waals surface area contributed by atoms with E-state index in [1.165, 1.54) is 17.4 Å². The van der Waals surface area contributed by atoms with E-state index in [2.05, 4.69) is 15.0 Å². The van der Waals surface area contributed by atoms with E-state index in [0.29, 0.717) is 5.56 Å². The fourth-order valence-electron chi connectivity index (χ4n) is 3.37. The summed E-state index contributed by atoms with van der Waals surface area (Å²) in [4.78, 5) is 15.6. The highest BCUT2D eigenvalue weighted by molar-refractivity contribution is 7.89. The molecule has 1 aromatic heterocycles. The molecule has 0 spiro atoms. The number of thiazole rings is 1. The number of anilines is 2. The lowest BCUT2D eigenvalue weighted by molar-refractivity contribution is -0.137. The van der Waals surface area contributed by atoms with Crippen LogP contribution in [0.4, 0.5) is 10.8 Å². The van der Waals surface area contributed by atoms with Crippen molar-refractivity contribution in [3.05, 3.63) is 96.0 Å². The Morgan fingerprint density at radius 3 is 2.39 bits per heavy atom. The molecule has 1 heterocycles. The summed E-state index contributed by atoms with van der Waals surface area (Å²) >= 11 is 1.48. The first-order valence-electron chi connectivity index (χ1n) is 10.1. The summed E-state index contributed by atoms with van der Waals surface area (Å²) in [5.74, 6) is -1.09. The molecule has 0 aliphatic heterocycles. The van der Waals surface area contributed by atoms with Crippen LogP contribution in [0.1, 0.15) is 18.0 Å². The first-order valence-corrected chi connectivity index (χ1v) is 12.4. The molecule has 9 heteroatoms. The predicted octanol–water partition coefficient (Wildman–Crippen LogP) is 5.05. The number of nitrogens with zero attached hydrogens (tertiary/aromatic N) is 1. The molecular formula is C24H21N3O4S2. The molecule has 0 radical (unpaired) electrons. The van der Waals surface area contributed by atoms with E-state index in [4.69, 9.17) is 0 Å². The van der Waals surface area contributed by atoms with Gasteiger partial charge in [-0.05, 0) is 41.0 Å². The van der Waals surface area contributed by atoms with Crippen molar-refractivity contribution in [2.45, 2.75) is 17.4 Å². The maximum atomic E-state index is 13.1. The lowest BCUT2D eigenvalue weighted by atomic mass is 10.1. The van der Waals surface area contributed by atoms with Gasteiger partial charge in [-0.3, -0.25) is 4.79 Å². The van der Waals surface area contributed by atoms with Crippen LogP contribution in [0, 0.1) is 0 Å². The molecule has 33 heavy (non-hydrogen) atoms. The zero-order valence-electron chi connectivity index (χ0n) is 17.4. The molecule has 7 nitrogen and oxygen atoms in total. The van der Waals surface area contributed by atoms with Gasteiger partial charge in [-0.1, -0.05) is 54.6 Å². The molecule has 3 N–H and O–H groups in total. The number of carboxylic acids is 1. The van der Waals surface area contributed by atoms with Gasteiger partial charge in [-0.2, -0.15) is 0 Å². The average Bonchev–Trinajstić information content (AvgIpc) is 3.32. The molecule has 4 aromatic rings. The van der Waals surface area contributed by atoms with Crippen LogP contribution in [0.15, 0.2) is 95.3 Å². The highest BCUT2D eigenvalue weighted by Gasteiger charge is 2.24. The second kappa shape index (κ2) is 9.95. The molecule has 0 fully saturated rings. The highest BCUT2D eigenvalue weighted by Crippen LogP contribution is 2.28. The molecule has 0 saturated carbocycles. The van der Waals surface area contributed by atoms with Gasteiger partial charge >= 0.3 is 5.97 Å². The number of sulfonamides is 1. The number of hydrogen-bond acceptors (Lipinski definition) is 6. The van der Waals surface area contributed by atoms with E-state index < -0.39 is 22.0 Å². The van der Waals surface area contributed by atoms with Gasteiger partial charge < -0.3 is 10.4 Å². The van der Waals surface area contributed by atoms with Gasteiger partial charge in [0.15, 0.2) is 5.13 Å². The van der Waals surface area contributed by atoms with Crippen molar-refractivity contribution < 1.29 is 18.3 Å². The van der Waals surface area contributed by atoms with Crippen LogP contribution in [0.25, 0.3) is 11.1 Å². The third kappa shape index (κ3) is 5.83. The van der Waals surface area contributed by atoms with Gasteiger partial charge in [0.05, 0.1) is 17.4 Å². The summed E-state index contributed by atoms with van der Waals surface area (Å²) in [7, 11) is -3.97. The van der Waals surface area contributed by atoms with Crippen LogP contribution in [0.5, 0.6) is 0 Å². The van der Waals surface area contributed by atoms with Crippen molar-refractivity contribution in [1.29, 1.82) is 0 Å². The second-order valence-electron chi connectivity index (χ2n) is 7.25. The highest BCUT2D eigenvalue weighted by atomic mass is 32.2. The smallest absolute Gasteiger partial charge is 0.305 e. The number of carbonyl (C=O) groups is 1. The Morgan fingerprint density at radius 1 is 0.970 bits per heavy atom. The Hall–Kier alpha value is -3.53. The Morgan fingerprint density at radius 2 is 1.70 bits per heavy atom. The first-order chi connectivity index (χ1) is 15.9. The van der Waals surface area contributed by atoms with Gasteiger partial charge in [-0.25, -0.2) is 18.1 Å². The molecule has 0 aliphatic rings. The van der Waals surface area contributed by atoms with E-state index in [9.17, 15) is 18.3 Å². The molecule has 0 bridgehead atoms. The number of aliphatic carboxylic acids is 1. The minimum atomic E-state index is -3.97. The van der Waals surface area contributed by atoms with E-state index >= 15 is 0 Å². The molecule has 1 unspecified atom stereocenters. The van der Waals surface area contributed by atoms with Crippen LogP contribution in [-0.2, 0) is 14.8 Å². The summed E-state index contributed by atoms with van der Waals surface area (Å²) in [5, 5.41) is 15.1. The quantitative estimate of drug-likeness (QED) is 0.310. The summed E-state index contributed by atoms with van der Waals surface area (Å²) in [6.07, 6.45) is 1.35. The van der Waals surface area contributed by atoms with Gasteiger partial charge in [0, 0.05) is 17.3 Å². The van der Waals surface area contributed by atoms with Crippen LogP contribution >= 0.6 is 11.3 Å². The number of rotatable bonds is 9. The molecule has 0 amide bonds. The Kier molecular flexibility index (Phi) is 6.83. The van der Waals surface area contributed by atoms with Gasteiger partial charge in [0.2, 0.25) is 10.0 Å². The SMILES string of the molecule is O=C(O)CC(NS(=O)(=O)c1cccc(-c2cccc(Nc3nccs3)c2)c1)c1ccccc1. The molecule has 4 rings (SSSR count). The second-order valence-corrected chi connectivity index (χ2v) is 9.86. The van der Waals surface area contributed by atoms with Crippen molar-refractivity contribution in [3.8, 4) is 11.1 Å². The zero-order chi connectivity index (χ0) is 23.3. The Balaban J connectivity index is 1.60. The number of benzene rings is 3. The minimum absolute atomic E-state index is 0.0598. The summed E-state index contributed by atoms with van der Waals surface area (Å²) < 4.78 is 28.8. The molecule has 3 aromatic carbocycles. The third-order valence-corrected chi connectivity index (χ3v) is 7.06. The fraction of sp³-hybridized carbons (Fsp3) is 0.0833.